The van der Waals surface area contributed by atoms with E-state index in [-0.39, 0.29) is 30.4 Å². The predicted octanol–water partition coefficient (Wildman–Crippen LogP) is 1.05. The average molecular weight is 317 g/mol. The molecule has 0 radical (unpaired) electrons. The van der Waals surface area contributed by atoms with Gasteiger partial charge in [0.15, 0.2) is 6.61 Å². The van der Waals surface area contributed by atoms with Crippen LogP contribution in [0.5, 0.6) is 5.75 Å². The number of amides is 2. The highest BCUT2D eigenvalue weighted by Crippen LogP contribution is 2.39. The van der Waals surface area contributed by atoms with Gasteiger partial charge in [-0.2, -0.15) is 0 Å². The van der Waals surface area contributed by atoms with E-state index in [2.05, 4.69) is 5.32 Å². The van der Waals surface area contributed by atoms with E-state index in [1.807, 2.05) is 31.2 Å². The van der Waals surface area contributed by atoms with Crippen LogP contribution in [0.1, 0.15) is 26.2 Å². The van der Waals surface area contributed by atoms with Crippen molar-refractivity contribution in [3.8, 4) is 5.75 Å². The summed E-state index contributed by atoms with van der Waals surface area (Å²) in [6, 6.07) is 7.38. The molecular formula is C17H23N3O3. The molecule has 1 atom stereocenters. The molecule has 0 spiro atoms. The number of hydrogen-bond donors (Lipinski definition) is 2. The van der Waals surface area contributed by atoms with Gasteiger partial charge < -0.3 is 20.7 Å². The molecule has 1 aromatic carbocycles. The summed E-state index contributed by atoms with van der Waals surface area (Å²) in [5, 5.41) is 3.05. The Morgan fingerprint density at radius 3 is 2.87 bits per heavy atom. The maximum absolute atomic E-state index is 12.3. The summed E-state index contributed by atoms with van der Waals surface area (Å²) >= 11 is 0. The molecule has 1 aromatic rings. The van der Waals surface area contributed by atoms with Crippen LogP contribution in [0.2, 0.25) is 0 Å². The second-order valence-corrected chi connectivity index (χ2v) is 6.50. The molecule has 1 unspecified atom stereocenters. The molecule has 2 aliphatic rings. The first-order valence-electron chi connectivity index (χ1n) is 8.07. The summed E-state index contributed by atoms with van der Waals surface area (Å²) in [6.07, 6.45) is 2.48. The van der Waals surface area contributed by atoms with Crippen molar-refractivity contribution in [2.45, 2.75) is 31.7 Å². The van der Waals surface area contributed by atoms with Crippen LogP contribution in [-0.2, 0) is 9.59 Å². The number of para-hydroxylation sites is 2. The third-order valence-corrected chi connectivity index (χ3v) is 4.70. The van der Waals surface area contributed by atoms with Gasteiger partial charge >= 0.3 is 0 Å². The number of carbonyl (C=O) groups excluding carboxylic acids is 2. The van der Waals surface area contributed by atoms with E-state index in [0.29, 0.717) is 24.8 Å². The molecule has 6 heteroatoms. The number of ether oxygens (including phenoxy) is 1. The van der Waals surface area contributed by atoms with Gasteiger partial charge in [-0.3, -0.25) is 9.59 Å². The zero-order valence-corrected chi connectivity index (χ0v) is 13.4. The van der Waals surface area contributed by atoms with E-state index in [9.17, 15) is 9.59 Å². The van der Waals surface area contributed by atoms with E-state index < -0.39 is 0 Å². The molecule has 0 aromatic heterocycles. The quantitative estimate of drug-likeness (QED) is 0.821. The SMILES string of the molecule is CC(CN)(NC(=O)CCN1C(=O)COc2ccccc21)C1CC1. The van der Waals surface area contributed by atoms with Crippen molar-refractivity contribution in [2.75, 3.05) is 24.6 Å². The summed E-state index contributed by atoms with van der Waals surface area (Å²) in [4.78, 5) is 26.0. The molecule has 1 aliphatic heterocycles. The summed E-state index contributed by atoms with van der Waals surface area (Å²) in [5.74, 6) is 0.960. The minimum atomic E-state index is -0.329. The van der Waals surface area contributed by atoms with Crippen molar-refractivity contribution < 1.29 is 14.3 Å². The van der Waals surface area contributed by atoms with Gasteiger partial charge in [0.2, 0.25) is 5.91 Å². The van der Waals surface area contributed by atoms with Gasteiger partial charge in [-0.05, 0) is 37.8 Å². The Hall–Kier alpha value is -2.08. The number of hydrogen-bond acceptors (Lipinski definition) is 4. The summed E-state index contributed by atoms with van der Waals surface area (Å²) in [5.41, 5.74) is 6.22. The van der Waals surface area contributed by atoms with E-state index in [1.54, 1.807) is 4.90 Å². The van der Waals surface area contributed by atoms with Crippen LogP contribution in [0, 0.1) is 5.92 Å². The van der Waals surface area contributed by atoms with E-state index in [4.69, 9.17) is 10.5 Å². The predicted molar refractivity (Wildman–Crippen MR) is 87.2 cm³/mol. The lowest BCUT2D eigenvalue weighted by atomic mass is 9.96. The molecule has 6 nitrogen and oxygen atoms in total. The minimum Gasteiger partial charge on any atom is -0.482 e. The smallest absolute Gasteiger partial charge is 0.265 e. The number of carbonyl (C=O) groups is 2. The number of nitrogens with one attached hydrogen (secondary N) is 1. The Bertz CT molecular complexity index is 615. The molecule has 124 valence electrons. The Labute approximate surface area is 136 Å². The van der Waals surface area contributed by atoms with E-state index in [1.165, 1.54) is 0 Å². The van der Waals surface area contributed by atoms with Crippen molar-refractivity contribution in [1.82, 2.24) is 5.32 Å². The van der Waals surface area contributed by atoms with Gasteiger partial charge in [-0.15, -0.1) is 0 Å². The van der Waals surface area contributed by atoms with Crippen LogP contribution in [0.25, 0.3) is 0 Å². The highest BCUT2D eigenvalue weighted by atomic mass is 16.5. The number of nitrogens with zero attached hydrogens (tertiary/aromatic N) is 1. The number of benzene rings is 1. The fourth-order valence-corrected chi connectivity index (χ4v) is 3.03. The van der Waals surface area contributed by atoms with Gasteiger partial charge in [-0.25, -0.2) is 0 Å². The van der Waals surface area contributed by atoms with Crippen molar-refractivity contribution >= 4 is 17.5 Å². The first-order chi connectivity index (χ1) is 11.0. The van der Waals surface area contributed by atoms with Crippen LogP contribution >= 0.6 is 0 Å². The molecule has 1 aliphatic carbocycles. The molecule has 0 saturated heterocycles. The zero-order valence-electron chi connectivity index (χ0n) is 13.4. The van der Waals surface area contributed by atoms with Gasteiger partial charge in [0.25, 0.3) is 5.91 Å². The van der Waals surface area contributed by atoms with Crippen molar-refractivity contribution in [3.63, 3.8) is 0 Å². The number of fused-ring (bicyclic) bond motifs is 1. The van der Waals surface area contributed by atoms with Crippen molar-refractivity contribution in [2.24, 2.45) is 11.7 Å². The van der Waals surface area contributed by atoms with Gasteiger partial charge in [0.1, 0.15) is 5.75 Å². The first-order valence-corrected chi connectivity index (χ1v) is 8.07. The Balaban J connectivity index is 1.61. The third-order valence-electron chi connectivity index (χ3n) is 4.70. The van der Waals surface area contributed by atoms with Crippen LogP contribution in [0.4, 0.5) is 5.69 Å². The lowest BCUT2D eigenvalue weighted by molar-refractivity contribution is -0.123. The molecule has 23 heavy (non-hydrogen) atoms. The molecule has 1 heterocycles. The molecule has 3 N–H and O–H groups in total. The van der Waals surface area contributed by atoms with Crippen LogP contribution in [0.3, 0.4) is 0 Å². The second-order valence-electron chi connectivity index (χ2n) is 6.50. The zero-order chi connectivity index (χ0) is 16.4. The van der Waals surface area contributed by atoms with E-state index in [0.717, 1.165) is 18.5 Å². The highest BCUT2D eigenvalue weighted by molar-refractivity contribution is 5.98. The second kappa shape index (κ2) is 6.20. The molecule has 1 saturated carbocycles. The fraction of sp³-hybridized carbons (Fsp3) is 0.529. The van der Waals surface area contributed by atoms with Gasteiger partial charge in [-0.1, -0.05) is 12.1 Å². The highest BCUT2D eigenvalue weighted by Gasteiger charge is 2.41. The topological polar surface area (TPSA) is 84.7 Å². The largest absolute Gasteiger partial charge is 0.482 e. The van der Waals surface area contributed by atoms with Crippen LogP contribution in [-0.4, -0.2) is 37.0 Å². The van der Waals surface area contributed by atoms with Gasteiger partial charge in [0, 0.05) is 19.5 Å². The Morgan fingerprint density at radius 2 is 2.17 bits per heavy atom. The maximum atomic E-state index is 12.3. The number of nitrogens with two attached hydrogens (primary N) is 1. The van der Waals surface area contributed by atoms with E-state index >= 15 is 0 Å². The van der Waals surface area contributed by atoms with Gasteiger partial charge in [0.05, 0.1) is 11.2 Å². The lowest BCUT2D eigenvalue weighted by Crippen LogP contribution is -2.53. The Kier molecular flexibility index (Phi) is 4.26. The number of anilines is 1. The summed E-state index contributed by atoms with van der Waals surface area (Å²) in [7, 11) is 0. The number of rotatable bonds is 6. The lowest BCUT2D eigenvalue weighted by Gasteiger charge is -2.31. The standard InChI is InChI=1S/C17H23N3O3/c1-17(11-18,12-6-7-12)19-15(21)8-9-20-13-4-2-3-5-14(13)23-10-16(20)22/h2-5,12H,6-11,18H2,1H3,(H,19,21). The van der Waals surface area contributed by atoms with Crippen LogP contribution in [0.15, 0.2) is 24.3 Å². The monoisotopic (exact) mass is 317 g/mol. The molecule has 1 fully saturated rings. The van der Waals surface area contributed by atoms with Crippen molar-refractivity contribution in [3.05, 3.63) is 24.3 Å². The normalized spacial score (nSPS) is 19.6. The fourth-order valence-electron chi connectivity index (χ4n) is 3.03. The summed E-state index contributed by atoms with van der Waals surface area (Å²) < 4.78 is 5.40. The minimum absolute atomic E-state index is 0.0151. The molecular weight excluding hydrogens is 294 g/mol. The Morgan fingerprint density at radius 1 is 1.43 bits per heavy atom. The first kappa shape index (κ1) is 15.8. The average Bonchev–Trinajstić information content (AvgIpc) is 3.39. The van der Waals surface area contributed by atoms with Crippen LogP contribution < -0.4 is 20.7 Å². The molecule has 0 bridgehead atoms. The maximum Gasteiger partial charge on any atom is 0.265 e. The summed E-state index contributed by atoms with van der Waals surface area (Å²) in [6.45, 7) is 2.79. The van der Waals surface area contributed by atoms with Crippen molar-refractivity contribution in [1.29, 1.82) is 0 Å². The third kappa shape index (κ3) is 3.32. The molecule has 2 amide bonds. The molecule has 3 rings (SSSR count).